The number of ketones is 1. The first kappa shape index (κ1) is 16.5. The van der Waals surface area contributed by atoms with Gasteiger partial charge in [0.2, 0.25) is 0 Å². The maximum Gasteiger partial charge on any atom is 0.185 e. The molecule has 1 saturated heterocycles. The van der Waals surface area contributed by atoms with E-state index in [9.17, 15) is 4.79 Å². The van der Waals surface area contributed by atoms with Gasteiger partial charge in [0.05, 0.1) is 17.3 Å². The molecular formula is C18H20N4OS. The summed E-state index contributed by atoms with van der Waals surface area (Å²) in [7, 11) is 0. The Balaban J connectivity index is 1.83. The number of rotatable bonds is 3. The molecule has 5 nitrogen and oxygen atoms in total. The standard InChI is InChI=1S/C18H20N4OS/c1-13-12-24-18(20-13)22-7-3-6-21(8-9-22)17-10-15(11-19)4-5-16(17)14(2)23/h4-5,10,12H,3,6-9H2,1-2H3. The monoisotopic (exact) mass is 340 g/mol. The molecule has 0 atom stereocenters. The highest BCUT2D eigenvalue weighted by atomic mass is 32.1. The Morgan fingerprint density at radius 2 is 2.00 bits per heavy atom. The third-order valence-electron chi connectivity index (χ3n) is 4.22. The molecule has 1 aromatic heterocycles. The fourth-order valence-electron chi connectivity index (χ4n) is 3.00. The van der Waals surface area contributed by atoms with Gasteiger partial charge in [0.15, 0.2) is 10.9 Å². The van der Waals surface area contributed by atoms with Gasteiger partial charge in [-0.25, -0.2) is 4.98 Å². The van der Waals surface area contributed by atoms with Crippen molar-refractivity contribution in [1.82, 2.24) is 4.98 Å². The van der Waals surface area contributed by atoms with Gasteiger partial charge in [-0.2, -0.15) is 5.26 Å². The minimum atomic E-state index is 0.0335. The van der Waals surface area contributed by atoms with Crippen LogP contribution < -0.4 is 9.80 Å². The minimum Gasteiger partial charge on any atom is -0.369 e. The van der Waals surface area contributed by atoms with Crippen molar-refractivity contribution in [1.29, 1.82) is 5.26 Å². The number of carbonyl (C=O) groups excluding carboxylic acids is 1. The average Bonchev–Trinajstić information content (AvgIpc) is 2.86. The van der Waals surface area contributed by atoms with Crippen molar-refractivity contribution in [2.75, 3.05) is 36.0 Å². The van der Waals surface area contributed by atoms with E-state index < -0.39 is 0 Å². The SMILES string of the molecule is CC(=O)c1ccc(C#N)cc1N1CCCN(c2nc(C)cs2)CC1. The number of nitrogens with zero attached hydrogens (tertiary/aromatic N) is 4. The first-order valence-electron chi connectivity index (χ1n) is 8.05. The molecule has 1 aliphatic rings. The van der Waals surface area contributed by atoms with Crippen LogP contribution in [0.25, 0.3) is 0 Å². The third-order valence-corrected chi connectivity index (χ3v) is 5.24. The molecular weight excluding hydrogens is 320 g/mol. The van der Waals surface area contributed by atoms with Crippen molar-refractivity contribution in [2.45, 2.75) is 20.3 Å². The molecule has 3 rings (SSSR count). The Morgan fingerprint density at radius 3 is 2.67 bits per heavy atom. The zero-order valence-electron chi connectivity index (χ0n) is 14.0. The number of aryl methyl sites for hydroxylation is 1. The number of thiazole rings is 1. The molecule has 0 amide bonds. The van der Waals surface area contributed by atoms with Crippen molar-refractivity contribution in [3.05, 3.63) is 40.4 Å². The Hall–Kier alpha value is -2.39. The topological polar surface area (TPSA) is 60.2 Å². The number of anilines is 2. The zero-order valence-corrected chi connectivity index (χ0v) is 14.8. The lowest BCUT2D eigenvalue weighted by Gasteiger charge is -2.25. The van der Waals surface area contributed by atoms with Crippen LogP contribution in [0.15, 0.2) is 23.6 Å². The van der Waals surface area contributed by atoms with E-state index in [4.69, 9.17) is 5.26 Å². The van der Waals surface area contributed by atoms with Gasteiger partial charge in [-0.3, -0.25) is 4.79 Å². The van der Waals surface area contributed by atoms with E-state index >= 15 is 0 Å². The lowest BCUT2D eigenvalue weighted by atomic mass is 10.1. The fourth-order valence-corrected chi connectivity index (χ4v) is 3.85. The molecule has 0 radical (unpaired) electrons. The highest BCUT2D eigenvalue weighted by Crippen LogP contribution is 2.26. The molecule has 0 spiro atoms. The van der Waals surface area contributed by atoms with E-state index in [0.717, 1.165) is 49.1 Å². The van der Waals surface area contributed by atoms with Gasteiger partial charge in [-0.05, 0) is 38.5 Å². The van der Waals surface area contributed by atoms with Crippen LogP contribution in [0, 0.1) is 18.3 Å². The molecule has 6 heteroatoms. The number of hydrogen-bond donors (Lipinski definition) is 0. The summed E-state index contributed by atoms with van der Waals surface area (Å²) < 4.78 is 0. The molecule has 0 N–H and O–H groups in total. The summed E-state index contributed by atoms with van der Waals surface area (Å²) in [5.74, 6) is 0.0335. The van der Waals surface area contributed by atoms with Gasteiger partial charge in [-0.1, -0.05) is 0 Å². The van der Waals surface area contributed by atoms with E-state index in [1.165, 1.54) is 0 Å². The van der Waals surface area contributed by atoms with Crippen LogP contribution in [0.3, 0.4) is 0 Å². The summed E-state index contributed by atoms with van der Waals surface area (Å²) in [5, 5.41) is 12.3. The van der Waals surface area contributed by atoms with E-state index in [1.54, 1.807) is 30.4 Å². The minimum absolute atomic E-state index is 0.0335. The van der Waals surface area contributed by atoms with Crippen molar-refractivity contribution in [3.63, 3.8) is 0 Å². The van der Waals surface area contributed by atoms with Gasteiger partial charge >= 0.3 is 0 Å². The smallest absolute Gasteiger partial charge is 0.185 e. The molecule has 0 aliphatic carbocycles. The highest BCUT2D eigenvalue weighted by Gasteiger charge is 2.20. The second-order valence-electron chi connectivity index (χ2n) is 6.00. The largest absolute Gasteiger partial charge is 0.369 e. The first-order chi connectivity index (χ1) is 11.6. The number of aromatic nitrogens is 1. The third kappa shape index (κ3) is 3.41. The van der Waals surface area contributed by atoms with Crippen LogP contribution in [0.1, 0.15) is 35.0 Å². The van der Waals surface area contributed by atoms with Gasteiger partial charge in [0.1, 0.15) is 0 Å². The lowest BCUT2D eigenvalue weighted by molar-refractivity contribution is 0.101. The van der Waals surface area contributed by atoms with Crippen LogP contribution in [-0.2, 0) is 0 Å². The summed E-state index contributed by atoms with van der Waals surface area (Å²) >= 11 is 1.68. The van der Waals surface area contributed by atoms with E-state index in [2.05, 4.69) is 26.2 Å². The number of hydrogen-bond acceptors (Lipinski definition) is 6. The molecule has 24 heavy (non-hydrogen) atoms. The number of carbonyl (C=O) groups is 1. The molecule has 2 heterocycles. The summed E-state index contributed by atoms with van der Waals surface area (Å²) in [6.45, 7) is 7.09. The van der Waals surface area contributed by atoms with Crippen molar-refractivity contribution in [3.8, 4) is 6.07 Å². The van der Waals surface area contributed by atoms with Crippen LogP contribution in [0.5, 0.6) is 0 Å². The van der Waals surface area contributed by atoms with Crippen LogP contribution in [-0.4, -0.2) is 36.9 Å². The van der Waals surface area contributed by atoms with Gasteiger partial charge in [-0.15, -0.1) is 11.3 Å². The predicted molar refractivity (Wildman–Crippen MR) is 97.1 cm³/mol. The Bertz CT molecular complexity index is 793. The van der Waals surface area contributed by atoms with Crippen LogP contribution >= 0.6 is 11.3 Å². The second-order valence-corrected chi connectivity index (χ2v) is 6.84. The predicted octanol–water partition coefficient (Wildman–Crippen LogP) is 3.24. The summed E-state index contributed by atoms with van der Waals surface area (Å²) in [6.07, 6.45) is 0.993. The highest BCUT2D eigenvalue weighted by molar-refractivity contribution is 7.13. The summed E-state index contributed by atoms with van der Waals surface area (Å²) in [4.78, 5) is 21.1. The number of nitriles is 1. The van der Waals surface area contributed by atoms with Gasteiger partial charge < -0.3 is 9.80 Å². The maximum absolute atomic E-state index is 12.0. The Kier molecular flexibility index (Phi) is 4.81. The van der Waals surface area contributed by atoms with Gasteiger partial charge in [0.25, 0.3) is 0 Å². The van der Waals surface area contributed by atoms with E-state index in [-0.39, 0.29) is 5.78 Å². The zero-order chi connectivity index (χ0) is 17.1. The maximum atomic E-state index is 12.0. The summed E-state index contributed by atoms with van der Waals surface area (Å²) in [5.41, 5.74) is 3.20. The quantitative estimate of drug-likeness (QED) is 0.803. The summed E-state index contributed by atoms with van der Waals surface area (Å²) in [6, 6.07) is 7.48. The molecule has 2 aromatic rings. The van der Waals surface area contributed by atoms with E-state index in [1.807, 2.05) is 13.0 Å². The van der Waals surface area contributed by atoms with Crippen LogP contribution in [0.2, 0.25) is 0 Å². The second kappa shape index (κ2) is 7.02. The van der Waals surface area contributed by atoms with Crippen LogP contribution in [0.4, 0.5) is 10.8 Å². The molecule has 124 valence electrons. The molecule has 0 bridgehead atoms. The normalized spacial score (nSPS) is 15.0. The average molecular weight is 340 g/mol. The van der Waals surface area contributed by atoms with Crippen molar-refractivity contribution < 1.29 is 4.79 Å². The van der Waals surface area contributed by atoms with Crippen molar-refractivity contribution in [2.24, 2.45) is 0 Å². The van der Waals surface area contributed by atoms with E-state index in [0.29, 0.717) is 11.1 Å². The number of Topliss-reactive ketones (excluding diaryl/α,β-unsaturated/α-hetero) is 1. The molecule has 1 fully saturated rings. The molecule has 1 aliphatic heterocycles. The van der Waals surface area contributed by atoms with Gasteiger partial charge in [0, 0.05) is 42.8 Å². The lowest BCUT2D eigenvalue weighted by Crippen LogP contribution is -2.31. The Labute approximate surface area is 146 Å². The molecule has 0 unspecified atom stereocenters. The van der Waals surface area contributed by atoms with Crippen molar-refractivity contribution >= 4 is 27.9 Å². The Morgan fingerprint density at radius 1 is 1.25 bits per heavy atom. The molecule has 1 aromatic carbocycles. The number of benzene rings is 1. The molecule has 0 saturated carbocycles. The first-order valence-corrected chi connectivity index (χ1v) is 8.93. The fraction of sp³-hybridized carbons (Fsp3) is 0.389.